The van der Waals surface area contributed by atoms with Crippen molar-refractivity contribution in [2.24, 2.45) is 0 Å². The quantitative estimate of drug-likeness (QED) is 0.861. The Balaban J connectivity index is 2.06. The Morgan fingerprint density at radius 2 is 2.42 bits per heavy atom. The fourth-order valence-corrected chi connectivity index (χ4v) is 2.52. The Morgan fingerprint density at radius 3 is 3.00 bits per heavy atom. The van der Waals surface area contributed by atoms with Gasteiger partial charge in [0.25, 0.3) is 0 Å². The van der Waals surface area contributed by atoms with Crippen molar-refractivity contribution < 1.29 is 0 Å². The van der Waals surface area contributed by atoms with Crippen molar-refractivity contribution in [1.82, 2.24) is 10.3 Å². The monoisotopic (exact) mass is 244 g/mol. The molecule has 12 heavy (non-hydrogen) atoms. The average molecular weight is 245 g/mol. The Bertz CT molecular complexity index is 276. The molecule has 4 heteroatoms. The van der Waals surface area contributed by atoms with Gasteiger partial charge in [-0.2, -0.15) is 0 Å². The summed E-state index contributed by atoms with van der Waals surface area (Å²) < 4.78 is 1.10. The van der Waals surface area contributed by atoms with Gasteiger partial charge in [0.15, 0.2) is 0 Å². The third-order valence-electron chi connectivity index (χ3n) is 1.75. The van der Waals surface area contributed by atoms with Gasteiger partial charge in [0.2, 0.25) is 0 Å². The van der Waals surface area contributed by atoms with Crippen LogP contribution in [-0.2, 0) is 0 Å². The smallest absolute Gasteiger partial charge is 0.111 e. The van der Waals surface area contributed by atoms with Crippen LogP contribution in [0.15, 0.2) is 27.8 Å². The van der Waals surface area contributed by atoms with E-state index in [0.717, 1.165) is 22.6 Å². The summed E-state index contributed by atoms with van der Waals surface area (Å²) >= 11 is 5.31. The van der Waals surface area contributed by atoms with E-state index in [1.54, 1.807) is 0 Å². The summed E-state index contributed by atoms with van der Waals surface area (Å²) in [6.07, 6.45) is 1.83. The van der Waals surface area contributed by atoms with Crippen molar-refractivity contribution in [3.63, 3.8) is 0 Å². The minimum Gasteiger partial charge on any atom is -0.314 e. The molecule has 0 bridgehead atoms. The van der Waals surface area contributed by atoms with Crippen LogP contribution in [-0.4, -0.2) is 23.3 Å². The lowest BCUT2D eigenvalue weighted by Crippen LogP contribution is -2.44. The minimum absolute atomic E-state index is 0.705. The normalized spacial score (nSPS) is 17.4. The highest BCUT2D eigenvalue weighted by Crippen LogP contribution is 2.29. The van der Waals surface area contributed by atoms with Crippen molar-refractivity contribution in [2.45, 2.75) is 10.3 Å². The van der Waals surface area contributed by atoms with E-state index in [-0.39, 0.29) is 0 Å². The molecule has 0 radical (unpaired) electrons. The van der Waals surface area contributed by atoms with Gasteiger partial charge in [0.1, 0.15) is 5.03 Å². The van der Waals surface area contributed by atoms with Crippen LogP contribution in [0.3, 0.4) is 0 Å². The zero-order valence-corrected chi connectivity index (χ0v) is 8.86. The van der Waals surface area contributed by atoms with Crippen LogP contribution in [0.5, 0.6) is 0 Å². The number of nitrogens with zero attached hydrogens (tertiary/aromatic N) is 1. The summed E-state index contributed by atoms with van der Waals surface area (Å²) in [7, 11) is 0. The summed E-state index contributed by atoms with van der Waals surface area (Å²) in [5, 5.41) is 5.04. The van der Waals surface area contributed by atoms with Gasteiger partial charge >= 0.3 is 0 Å². The average Bonchev–Trinajstić information content (AvgIpc) is 2.00. The highest BCUT2D eigenvalue weighted by atomic mass is 79.9. The lowest BCUT2D eigenvalue weighted by molar-refractivity contribution is 0.543. The van der Waals surface area contributed by atoms with Gasteiger partial charge in [-0.3, -0.25) is 0 Å². The van der Waals surface area contributed by atoms with Crippen LogP contribution in [0, 0.1) is 0 Å². The molecule has 0 aromatic carbocycles. The molecule has 2 rings (SSSR count). The fourth-order valence-electron chi connectivity index (χ4n) is 0.961. The second-order valence-electron chi connectivity index (χ2n) is 2.69. The number of halogens is 1. The lowest BCUT2D eigenvalue weighted by Gasteiger charge is -2.26. The molecule has 0 amide bonds. The molecular weight excluding hydrogens is 236 g/mol. The van der Waals surface area contributed by atoms with Gasteiger partial charge in [-0.1, -0.05) is 11.8 Å². The van der Waals surface area contributed by atoms with Crippen LogP contribution in [0.2, 0.25) is 0 Å². The number of rotatable bonds is 2. The third-order valence-corrected chi connectivity index (χ3v) is 3.86. The highest BCUT2D eigenvalue weighted by Gasteiger charge is 2.19. The number of pyridine rings is 1. The van der Waals surface area contributed by atoms with Crippen LogP contribution in [0.4, 0.5) is 0 Å². The van der Waals surface area contributed by atoms with Crippen molar-refractivity contribution in [2.75, 3.05) is 13.1 Å². The molecule has 1 aromatic rings. The maximum atomic E-state index is 4.29. The van der Waals surface area contributed by atoms with Gasteiger partial charge in [0, 0.05) is 29.0 Å². The van der Waals surface area contributed by atoms with Crippen molar-refractivity contribution in [3.8, 4) is 0 Å². The van der Waals surface area contributed by atoms with Crippen LogP contribution in [0.25, 0.3) is 0 Å². The zero-order valence-electron chi connectivity index (χ0n) is 6.46. The van der Waals surface area contributed by atoms with E-state index in [0.29, 0.717) is 5.25 Å². The van der Waals surface area contributed by atoms with Gasteiger partial charge < -0.3 is 5.32 Å². The number of thioether (sulfide) groups is 1. The van der Waals surface area contributed by atoms with E-state index in [1.807, 2.05) is 30.1 Å². The predicted molar refractivity (Wildman–Crippen MR) is 54.5 cm³/mol. The first kappa shape index (κ1) is 8.53. The van der Waals surface area contributed by atoms with E-state index in [9.17, 15) is 0 Å². The fraction of sp³-hybridized carbons (Fsp3) is 0.375. The first-order valence-corrected chi connectivity index (χ1v) is 5.51. The lowest BCUT2D eigenvalue weighted by atomic mass is 10.3. The third kappa shape index (κ3) is 1.81. The SMILES string of the molecule is Brc1cccnc1SC1CNC1. The molecule has 1 aliphatic rings. The Hall–Kier alpha value is -0.0600. The second-order valence-corrected chi connectivity index (χ2v) is 4.83. The predicted octanol–water partition coefficient (Wildman–Crippen LogP) is 1.91. The molecule has 0 aliphatic carbocycles. The molecule has 1 N–H and O–H groups in total. The summed E-state index contributed by atoms with van der Waals surface area (Å²) in [6, 6.07) is 3.97. The van der Waals surface area contributed by atoms with E-state index >= 15 is 0 Å². The minimum atomic E-state index is 0.705. The molecule has 1 fully saturated rings. The Kier molecular flexibility index (Phi) is 2.68. The van der Waals surface area contributed by atoms with Crippen LogP contribution in [0.1, 0.15) is 0 Å². The van der Waals surface area contributed by atoms with Gasteiger partial charge in [0.05, 0.1) is 0 Å². The summed E-state index contributed by atoms with van der Waals surface area (Å²) in [5.74, 6) is 0. The van der Waals surface area contributed by atoms with Crippen LogP contribution >= 0.6 is 27.7 Å². The van der Waals surface area contributed by atoms with Crippen LogP contribution < -0.4 is 5.32 Å². The van der Waals surface area contributed by atoms with E-state index in [2.05, 4.69) is 26.2 Å². The van der Waals surface area contributed by atoms with E-state index in [1.165, 1.54) is 0 Å². The molecule has 0 atom stereocenters. The van der Waals surface area contributed by atoms with Crippen molar-refractivity contribution in [1.29, 1.82) is 0 Å². The number of hydrogen-bond acceptors (Lipinski definition) is 3. The van der Waals surface area contributed by atoms with Crippen molar-refractivity contribution >= 4 is 27.7 Å². The first-order chi connectivity index (χ1) is 5.86. The summed E-state index contributed by atoms with van der Waals surface area (Å²) in [6.45, 7) is 2.21. The highest BCUT2D eigenvalue weighted by molar-refractivity contribution is 9.10. The second kappa shape index (κ2) is 3.77. The number of nitrogens with one attached hydrogen (secondary N) is 1. The molecule has 2 heterocycles. The molecule has 64 valence electrons. The standard InChI is InChI=1S/C8H9BrN2S/c9-7-2-1-3-11-8(7)12-6-4-10-5-6/h1-3,6,10H,4-5H2. The summed E-state index contributed by atoms with van der Waals surface area (Å²) in [4.78, 5) is 4.29. The molecule has 0 unspecified atom stereocenters. The van der Waals surface area contributed by atoms with Gasteiger partial charge in [-0.15, -0.1) is 0 Å². The van der Waals surface area contributed by atoms with Crippen molar-refractivity contribution in [3.05, 3.63) is 22.8 Å². The first-order valence-electron chi connectivity index (χ1n) is 3.84. The molecule has 1 aliphatic heterocycles. The molecule has 1 saturated heterocycles. The topological polar surface area (TPSA) is 24.9 Å². The molecule has 0 spiro atoms. The van der Waals surface area contributed by atoms with E-state index < -0.39 is 0 Å². The van der Waals surface area contributed by atoms with Gasteiger partial charge in [-0.05, 0) is 28.1 Å². The number of aromatic nitrogens is 1. The molecule has 2 nitrogen and oxygen atoms in total. The maximum Gasteiger partial charge on any atom is 0.111 e. The molecular formula is C8H9BrN2S. The maximum absolute atomic E-state index is 4.29. The van der Waals surface area contributed by atoms with E-state index in [4.69, 9.17) is 0 Å². The zero-order chi connectivity index (χ0) is 8.39. The Labute approximate surface area is 84.3 Å². The van der Waals surface area contributed by atoms with Gasteiger partial charge in [-0.25, -0.2) is 4.98 Å². The largest absolute Gasteiger partial charge is 0.314 e. The molecule has 1 aromatic heterocycles. The summed E-state index contributed by atoms with van der Waals surface area (Å²) in [5.41, 5.74) is 0. The Morgan fingerprint density at radius 1 is 1.58 bits per heavy atom. The molecule has 0 saturated carbocycles. The number of hydrogen-bond donors (Lipinski definition) is 1.